The van der Waals surface area contributed by atoms with Crippen LogP contribution < -0.4 is 0 Å². The minimum absolute atomic E-state index is 0.332. The molecule has 0 amide bonds. The lowest BCUT2D eigenvalue weighted by atomic mass is 10.5. The minimum Gasteiger partial charge on any atom is -0.463 e. The van der Waals surface area contributed by atoms with Gasteiger partial charge in [0.25, 0.3) is 0 Å². The van der Waals surface area contributed by atoms with Gasteiger partial charge in [-0.2, -0.15) is 0 Å². The Kier molecular flexibility index (Phi) is 16.0. The number of hydrogen-bond donors (Lipinski definition) is 0. The van der Waals surface area contributed by atoms with Crippen molar-refractivity contribution >= 4 is 37.6 Å². The molecule has 0 unspecified atom stereocenters. The summed E-state index contributed by atoms with van der Waals surface area (Å²) in [6.07, 6.45) is 7.51. The summed E-state index contributed by atoms with van der Waals surface area (Å²) in [6, 6.07) is 1.58. The first-order valence-corrected chi connectivity index (χ1v) is 19.6. The zero-order chi connectivity index (χ0) is 25.4. The maximum Gasteiger partial charge on any atom is 0.488 e. The fourth-order valence-corrected chi connectivity index (χ4v) is 16.8. The molecule has 11 heteroatoms. The average molecular weight is 521 g/mol. The van der Waals surface area contributed by atoms with E-state index >= 15 is 0 Å². The Balaban J connectivity index is 5.18. The van der Waals surface area contributed by atoms with E-state index in [0.717, 1.165) is 12.1 Å². The van der Waals surface area contributed by atoms with Crippen LogP contribution in [-0.2, 0) is 36.1 Å². The maximum absolute atomic E-state index is 11.6. The van der Waals surface area contributed by atoms with Gasteiger partial charge < -0.3 is 26.6 Å². The third kappa shape index (κ3) is 15.4. The number of allylic oxidation sites excluding steroid dienone is 2. The molecule has 0 heterocycles. The van der Waals surface area contributed by atoms with Crippen molar-refractivity contribution < 1.29 is 36.1 Å². The van der Waals surface area contributed by atoms with E-state index in [2.05, 4.69) is 6.55 Å². The second-order valence-electron chi connectivity index (χ2n) is 8.32. The minimum atomic E-state index is -2.80. The second-order valence-corrected chi connectivity index (χ2v) is 19.0. The van der Waals surface area contributed by atoms with Crippen LogP contribution in [0.3, 0.4) is 0 Å². The van der Waals surface area contributed by atoms with E-state index in [1.807, 2.05) is 33.5 Å². The van der Waals surface area contributed by atoms with Crippen LogP contribution in [0.2, 0.25) is 38.3 Å². The van der Waals surface area contributed by atoms with E-state index in [4.69, 9.17) is 26.6 Å². The highest BCUT2D eigenvalue weighted by molar-refractivity contribution is 6.86. The predicted octanol–water partition coefficient (Wildman–Crippen LogP) is 4.96. The van der Waals surface area contributed by atoms with Crippen molar-refractivity contribution in [1.82, 2.24) is 0 Å². The van der Waals surface area contributed by atoms with E-state index in [1.54, 1.807) is 26.0 Å². The van der Waals surface area contributed by atoms with Crippen LogP contribution in [0.1, 0.15) is 40.5 Å². The first-order valence-electron chi connectivity index (χ1n) is 11.7. The Morgan fingerprint density at radius 1 is 0.727 bits per heavy atom. The number of hydrogen-bond acceptors (Lipinski definition) is 8. The first kappa shape index (κ1) is 31.9. The van der Waals surface area contributed by atoms with E-state index in [-0.39, 0.29) is 11.9 Å². The van der Waals surface area contributed by atoms with Crippen molar-refractivity contribution in [2.75, 3.05) is 26.4 Å². The fraction of sp³-hybridized carbons (Fsp3) is 0.727. The number of rotatable bonds is 18. The summed E-state index contributed by atoms with van der Waals surface area (Å²) in [7, 11) is -7.69. The molecule has 0 fully saturated rings. The van der Waals surface area contributed by atoms with Gasteiger partial charge in [0.05, 0.1) is 13.2 Å². The fourth-order valence-electron chi connectivity index (χ4n) is 3.52. The topological polar surface area (TPSA) is 89.5 Å². The van der Waals surface area contributed by atoms with Crippen molar-refractivity contribution in [2.45, 2.75) is 78.8 Å². The Morgan fingerprint density at radius 3 is 1.52 bits per heavy atom. The summed E-state index contributed by atoms with van der Waals surface area (Å²) < 4.78 is 35.4. The summed E-state index contributed by atoms with van der Waals surface area (Å²) in [5, 5.41) is 0. The summed E-state index contributed by atoms with van der Waals surface area (Å²) in [5.41, 5.74) is 0. The molecule has 8 nitrogen and oxygen atoms in total. The van der Waals surface area contributed by atoms with Crippen molar-refractivity contribution in [1.29, 1.82) is 0 Å². The molecule has 0 aliphatic rings. The van der Waals surface area contributed by atoms with Crippen LogP contribution in [0.15, 0.2) is 24.3 Å². The monoisotopic (exact) mass is 520 g/mol. The van der Waals surface area contributed by atoms with Gasteiger partial charge in [0.2, 0.25) is 0 Å². The van der Waals surface area contributed by atoms with Crippen LogP contribution in [0.5, 0.6) is 0 Å². The molecule has 33 heavy (non-hydrogen) atoms. The number of ether oxygens (including phenoxy) is 2. The molecule has 192 valence electrons. The Morgan fingerprint density at radius 2 is 1.15 bits per heavy atom. The van der Waals surface area contributed by atoms with Crippen molar-refractivity contribution in [3.63, 3.8) is 0 Å². The van der Waals surface area contributed by atoms with Crippen molar-refractivity contribution in [3.05, 3.63) is 24.3 Å². The van der Waals surface area contributed by atoms with Crippen LogP contribution >= 0.6 is 0 Å². The second kappa shape index (κ2) is 16.5. The van der Waals surface area contributed by atoms with Gasteiger partial charge in [-0.05, 0) is 72.3 Å². The summed E-state index contributed by atoms with van der Waals surface area (Å²) in [6.45, 7) is 17.2. The third-order valence-electron chi connectivity index (χ3n) is 4.53. The van der Waals surface area contributed by atoms with Gasteiger partial charge in [-0.1, -0.05) is 12.2 Å². The third-order valence-corrected chi connectivity index (χ3v) is 16.4. The number of carbonyl (C=O) groups excluding carboxylic acids is 2. The molecule has 0 spiro atoms. The van der Waals surface area contributed by atoms with Crippen molar-refractivity contribution in [3.8, 4) is 0 Å². The van der Waals surface area contributed by atoms with Crippen LogP contribution in [0, 0.1) is 0 Å². The number of esters is 2. The number of carbonyl (C=O) groups is 2. The Bertz CT molecular complexity index is 599. The molecule has 0 bridgehead atoms. The molecule has 0 atom stereocenters. The normalized spacial score (nSPS) is 14.5. The zero-order valence-electron chi connectivity index (χ0n) is 21.7. The molecule has 0 saturated carbocycles. The molecular weight excluding hydrogens is 476 g/mol. The van der Waals surface area contributed by atoms with Crippen LogP contribution in [0.4, 0.5) is 0 Å². The molecule has 0 rings (SSSR count). The highest BCUT2D eigenvalue weighted by Gasteiger charge is 2.46. The van der Waals surface area contributed by atoms with Crippen LogP contribution in [-0.4, -0.2) is 64.0 Å². The Hall–Kier alpha value is -1.09. The molecular formula is C22H44O8Si3. The highest BCUT2D eigenvalue weighted by Crippen LogP contribution is 2.28. The Labute approximate surface area is 203 Å². The molecule has 0 aliphatic carbocycles. The van der Waals surface area contributed by atoms with Gasteiger partial charge in [-0.15, -0.1) is 0 Å². The lowest BCUT2D eigenvalue weighted by molar-refractivity contribution is -0.138. The maximum atomic E-state index is 11.6. The molecule has 0 saturated heterocycles. The summed E-state index contributed by atoms with van der Waals surface area (Å²) in [5.74, 6) is -0.683. The zero-order valence-corrected chi connectivity index (χ0v) is 24.7. The first-order chi connectivity index (χ1) is 15.4. The predicted molar refractivity (Wildman–Crippen MR) is 137 cm³/mol. The van der Waals surface area contributed by atoms with Gasteiger partial charge in [-0.3, -0.25) is 0 Å². The van der Waals surface area contributed by atoms with Gasteiger partial charge in [0.1, 0.15) is 0 Å². The van der Waals surface area contributed by atoms with Crippen molar-refractivity contribution in [2.24, 2.45) is 0 Å². The quantitative estimate of drug-likeness (QED) is 0.108. The standard InChI is InChI=1S/C22H44O8Si3/c1-9-15-21(23)25-17-13-19-32(7,20-14-18-26-22(24)16-10-2)29-31(5,6)30-33(8,27-11-3)28-12-4/h9-10,15-16H,11-14,17-20H2,1-8H3. The van der Waals surface area contributed by atoms with Gasteiger partial charge in [0.15, 0.2) is 8.32 Å². The molecule has 0 aromatic rings. The van der Waals surface area contributed by atoms with Crippen LogP contribution in [0.25, 0.3) is 0 Å². The van der Waals surface area contributed by atoms with E-state index < -0.39 is 25.7 Å². The molecule has 0 aromatic heterocycles. The van der Waals surface area contributed by atoms with E-state index in [9.17, 15) is 9.59 Å². The lowest BCUT2D eigenvalue weighted by Gasteiger charge is -2.40. The highest BCUT2D eigenvalue weighted by atomic mass is 28.5. The largest absolute Gasteiger partial charge is 0.488 e. The SMILES string of the molecule is CC=CC(=O)OCCC[Si](C)(CCCOC(=O)C=CC)O[Si](C)(C)O[Si](C)(OCC)OCC. The molecule has 0 N–H and O–H groups in total. The van der Waals surface area contributed by atoms with E-state index in [0.29, 0.717) is 39.3 Å². The lowest BCUT2D eigenvalue weighted by Crippen LogP contribution is -2.56. The molecule has 0 aromatic carbocycles. The van der Waals surface area contributed by atoms with Gasteiger partial charge in [-0.25, -0.2) is 9.59 Å². The summed E-state index contributed by atoms with van der Waals surface area (Å²) in [4.78, 5) is 23.2. The van der Waals surface area contributed by atoms with E-state index in [1.165, 1.54) is 12.2 Å². The van der Waals surface area contributed by atoms with Gasteiger partial charge >= 0.3 is 29.3 Å². The average Bonchev–Trinajstić information content (AvgIpc) is 2.68. The molecule has 0 aliphatic heterocycles. The van der Waals surface area contributed by atoms with Gasteiger partial charge in [0, 0.05) is 31.9 Å². The molecule has 0 radical (unpaired) electrons. The summed E-state index contributed by atoms with van der Waals surface area (Å²) >= 11 is 0. The smallest absolute Gasteiger partial charge is 0.463 e.